The molecule has 0 fully saturated rings. The van der Waals surface area contributed by atoms with Gasteiger partial charge in [0.05, 0.1) is 18.6 Å². The van der Waals surface area contributed by atoms with Crippen LogP contribution in [0, 0.1) is 5.41 Å². The van der Waals surface area contributed by atoms with Gasteiger partial charge in [0, 0.05) is 13.3 Å². The molecular formula is C22H30N5O7P. The van der Waals surface area contributed by atoms with Crippen LogP contribution in [0.4, 0.5) is 5.82 Å². The van der Waals surface area contributed by atoms with Crippen molar-refractivity contribution in [3.63, 3.8) is 0 Å². The first kappa shape index (κ1) is 26.6. The molecule has 0 bridgehead atoms. The number of carbonyl (C=O) groups is 1. The molecule has 0 aliphatic rings. The molecule has 35 heavy (non-hydrogen) atoms. The van der Waals surface area contributed by atoms with E-state index in [1.165, 1.54) is 4.57 Å². The maximum absolute atomic E-state index is 12.6. The zero-order valence-electron chi connectivity index (χ0n) is 20.1. The molecule has 12 nitrogen and oxygen atoms in total. The second-order valence-corrected chi connectivity index (χ2v) is 9.99. The summed E-state index contributed by atoms with van der Waals surface area (Å²) in [7, 11) is -0.303. The Hall–Kier alpha value is -3.05. The predicted octanol–water partition coefficient (Wildman–Crippen LogP) is 2.14. The van der Waals surface area contributed by atoms with Gasteiger partial charge in [-0.1, -0.05) is 24.3 Å². The maximum Gasteiger partial charge on any atom is 0.328 e. The molecule has 0 spiro atoms. The summed E-state index contributed by atoms with van der Waals surface area (Å²) in [6.07, 6.45) is 0.228. The van der Waals surface area contributed by atoms with Crippen molar-refractivity contribution in [1.29, 1.82) is 0 Å². The number of fused-ring (bicyclic) bond motifs is 1. The lowest BCUT2D eigenvalue weighted by atomic mass is 9.98. The van der Waals surface area contributed by atoms with Gasteiger partial charge in [-0.3, -0.25) is 13.9 Å². The van der Waals surface area contributed by atoms with Crippen molar-refractivity contribution in [2.45, 2.75) is 33.5 Å². The molecule has 1 atom stereocenters. The van der Waals surface area contributed by atoms with Crippen LogP contribution in [-0.2, 0) is 31.5 Å². The summed E-state index contributed by atoms with van der Waals surface area (Å²) in [6.45, 7) is 5.67. The fourth-order valence-corrected chi connectivity index (χ4v) is 3.80. The number of hydrogen-bond donors (Lipinski definition) is 3. The minimum absolute atomic E-state index is 0.0452. The van der Waals surface area contributed by atoms with Gasteiger partial charge in [-0.15, -0.1) is 0 Å². The van der Waals surface area contributed by atoms with Crippen LogP contribution >= 0.6 is 8.38 Å². The Labute approximate surface area is 203 Å². The van der Waals surface area contributed by atoms with E-state index in [2.05, 4.69) is 15.0 Å². The normalized spacial score (nSPS) is 12.6. The van der Waals surface area contributed by atoms with Crippen molar-refractivity contribution in [1.82, 2.24) is 19.5 Å². The van der Waals surface area contributed by atoms with E-state index in [9.17, 15) is 14.5 Å². The number of carbonyl (C=O) groups excluding carboxylic acids is 1. The van der Waals surface area contributed by atoms with Crippen LogP contribution in [0.25, 0.3) is 11.2 Å². The summed E-state index contributed by atoms with van der Waals surface area (Å²) in [5.41, 5.74) is 7.17. The number of anilines is 1. The number of hydrogen-bond acceptors (Lipinski definition) is 10. The number of esters is 1. The Morgan fingerprint density at radius 2 is 1.97 bits per heavy atom. The minimum atomic E-state index is -1.85. The first-order valence-electron chi connectivity index (χ1n) is 10.8. The summed E-state index contributed by atoms with van der Waals surface area (Å²) in [5.74, 6) is -0.314. The predicted molar refractivity (Wildman–Crippen MR) is 130 cm³/mol. The van der Waals surface area contributed by atoms with E-state index in [-0.39, 0.29) is 37.9 Å². The minimum Gasteiger partial charge on any atom is -0.461 e. The number of methoxy groups -OCH3 is 1. The number of ether oxygens (including phenoxy) is 3. The molecule has 0 radical (unpaired) electrons. The van der Waals surface area contributed by atoms with Crippen molar-refractivity contribution in [3.8, 4) is 6.01 Å². The van der Waals surface area contributed by atoms with Crippen LogP contribution in [0.2, 0.25) is 0 Å². The van der Waals surface area contributed by atoms with Crippen LogP contribution < -0.4 is 16.2 Å². The highest BCUT2D eigenvalue weighted by Gasteiger charge is 2.23. The standard InChI is InChI=1S/C22H30N5O7P/c1-22(2,3)19(28)33-13-34-35(30)12-15-7-5-6-14(10-15)11-27-18-16(24-21(27)29)17(23)25-20(26-18)32-9-8-31-4/h5-7,10,30H,8-9,11-13H2,1-4H3,(H,24,29)(H2,23,25,26). The number of benzene rings is 1. The van der Waals surface area contributed by atoms with Crippen LogP contribution in [0.15, 0.2) is 29.1 Å². The van der Waals surface area contributed by atoms with Crippen LogP contribution in [0.5, 0.6) is 6.01 Å². The van der Waals surface area contributed by atoms with E-state index in [1.54, 1.807) is 27.9 Å². The van der Waals surface area contributed by atoms with Crippen LogP contribution in [0.1, 0.15) is 31.9 Å². The second-order valence-electron chi connectivity index (χ2n) is 8.71. The van der Waals surface area contributed by atoms with Gasteiger partial charge in [-0.05, 0) is 31.9 Å². The van der Waals surface area contributed by atoms with E-state index in [1.807, 2.05) is 24.3 Å². The number of nitrogen functional groups attached to an aromatic ring is 1. The first-order valence-corrected chi connectivity index (χ1v) is 12.2. The molecule has 4 N–H and O–H groups in total. The molecule has 190 valence electrons. The largest absolute Gasteiger partial charge is 0.461 e. The molecule has 0 saturated heterocycles. The third kappa shape index (κ3) is 7.22. The Morgan fingerprint density at radius 1 is 1.23 bits per heavy atom. The number of imidazole rings is 1. The highest BCUT2D eigenvalue weighted by atomic mass is 31.2. The van der Waals surface area contributed by atoms with Crippen molar-refractivity contribution in [2.24, 2.45) is 5.41 Å². The number of nitrogens with two attached hydrogens (primary N) is 1. The molecule has 2 aromatic heterocycles. The van der Waals surface area contributed by atoms with Gasteiger partial charge in [0.25, 0.3) is 0 Å². The smallest absolute Gasteiger partial charge is 0.328 e. The Bertz CT molecular complexity index is 1220. The molecular weight excluding hydrogens is 477 g/mol. The Balaban J connectivity index is 1.70. The molecule has 3 aromatic rings. The summed E-state index contributed by atoms with van der Waals surface area (Å²) in [6, 6.07) is 7.39. The van der Waals surface area contributed by atoms with E-state index < -0.39 is 25.4 Å². The average molecular weight is 507 g/mol. The van der Waals surface area contributed by atoms with E-state index in [4.69, 9.17) is 24.5 Å². The van der Waals surface area contributed by atoms with Gasteiger partial charge in [-0.2, -0.15) is 9.97 Å². The molecule has 0 saturated carbocycles. The van der Waals surface area contributed by atoms with Gasteiger partial charge in [-0.25, -0.2) is 4.79 Å². The number of nitrogens with one attached hydrogen (secondary N) is 1. The van der Waals surface area contributed by atoms with E-state index >= 15 is 0 Å². The summed E-state index contributed by atoms with van der Waals surface area (Å²) >= 11 is 0. The lowest BCUT2D eigenvalue weighted by molar-refractivity contribution is -0.159. The van der Waals surface area contributed by atoms with Crippen molar-refractivity contribution < 1.29 is 28.4 Å². The van der Waals surface area contributed by atoms with Crippen LogP contribution in [-0.4, -0.2) is 57.5 Å². The van der Waals surface area contributed by atoms with Crippen molar-refractivity contribution in [3.05, 3.63) is 45.9 Å². The number of nitrogens with zero attached hydrogens (tertiary/aromatic N) is 3. The molecule has 2 heterocycles. The van der Waals surface area contributed by atoms with Gasteiger partial charge >= 0.3 is 17.7 Å². The average Bonchev–Trinajstić information content (AvgIpc) is 3.09. The SMILES string of the molecule is COCCOc1nc(N)c2[nH]c(=O)n(Cc3cccc(CP(O)OCOC(=O)C(C)(C)C)c3)c2n1. The number of rotatable bonds is 11. The first-order chi connectivity index (χ1) is 16.6. The molecule has 13 heteroatoms. The van der Waals surface area contributed by atoms with Gasteiger partial charge in [0.2, 0.25) is 0 Å². The van der Waals surface area contributed by atoms with E-state index in [0.29, 0.717) is 17.8 Å². The van der Waals surface area contributed by atoms with Gasteiger partial charge < -0.3 is 29.8 Å². The molecule has 3 rings (SSSR count). The fourth-order valence-electron chi connectivity index (χ4n) is 3.03. The topological polar surface area (TPSA) is 164 Å². The van der Waals surface area contributed by atoms with Gasteiger partial charge in [0.1, 0.15) is 12.1 Å². The third-order valence-corrected chi connectivity index (χ3v) is 5.84. The van der Waals surface area contributed by atoms with Crippen LogP contribution in [0.3, 0.4) is 0 Å². The van der Waals surface area contributed by atoms with E-state index in [0.717, 1.165) is 11.1 Å². The van der Waals surface area contributed by atoms with Gasteiger partial charge in [0.15, 0.2) is 26.6 Å². The number of aromatic nitrogens is 4. The summed E-state index contributed by atoms with van der Waals surface area (Å²) < 4.78 is 22.1. The zero-order valence-corrected chi connectivity index (χ0v) is 21.0. The molecule has 0 amide bonds. The summed E-state index contributed by atoms with van der Waals surface area (Å²) in [4.78, 5) is 45.7. The van der Waals surface area contributed by atoms with Crippen molar-refractivity contribution >= 4 is 31.3 Å². The highest BCUT2D eigenvalue weighted by Crippen LogP contribution is 2.36. The number of aromatic amines is 1. The quantitative estimate of drug-likeness (QED) is 0.152. The maximum atomic E-state index is 12.6. The lowest BCUT2D eigenvalue weighted by Gasteiger charge is -2.17. The molecule has 1 aromatic carbocycles. The highest BCUT2D eigenvalue weighted by molar-refractivity contribution is 7.45. The number of H-pyrrole nitrogens is 1. The molecule has 0 aliphatic heterocycles. The Kier molecular flexibility index (Phi) is 8.79. The zero-order chi connectivity index (χ0) is 25.6. The molecule has 1 unspecified atom stereocenters. The Morgan fingerprint density at radius 3 is 2.69 bits per heavy atom. The third-order valence-electron chi connectivity index (χ3n) is 4.80. The molecule has 0 aliphatic carbocycles. The monoisotopic (exact) mass is 507 g/mol. The lowest BCUT2D eigenvalue weighted by Crippen LogP contribution is -2.23. The van der Waals surface area contributed by atoms with Crippen molar-refractivity contribution in [2.75, 3.05) is 32.9 Å². The second kappa shape index (κ2) is 11.6. The fraction of sp³-hybridized carbons (Fsp3) is 0.455. The summed E-state index contributed by atoms with van der Waals surface area (Å²) in [5, 5.41) is 0.